The normalized spacial score (nSPS) is 18.9. The Balaban J connectivity index is 2.00. The zero-order valence-corrected chi connectivity index (χ0v) is 10.7. The molecule has 2 heteroatoms. The van der Waals surface area contributed by atoms with Crippen LogP contribution in [0.5, 0.6) is 5.75 Å². The van der Waals surface area contributed by atoms with Crippen LogP contribution in [-0.4, -0.2) is 6.61 Å². The number of nitrogens with two attached hydrogens (primary N) is 1. The van der Waals surface area contributed by atoms with Gasteiger partial charge in [0, 0.05) is 6.04 Å². The second kappa shape index (κ2) is 6.06. The van der Waals surface area contributed by atoms with Gasteiger partial charge in [-0.05, 0) is 43.4 Å². The first kappa shape index (κ1) is 12.4. The van der Waals surface area contributed by atoms with E-state index >= 15 is 0 Å². The third-order valence-corrected chi connectivity index (χ3v) is 3.73. The fourth-order valence-electron chi connectivity index (χ4n) is 2.72. The van der Waals surface area contributed by atoms with Crippen LogP contribution in [0.3, 0.4) is 0 Å². The summed E-state index contributed by atoms with van der Waals surface area (Å²) in [6.07, 6.45) is 6.64. The summed E-state index contributed by atoms with van der Waals surface area (Å²) in [6.45, 7) is 2.72. The number of ether oxygens (including phenoxy) is 1. The molecule has 1 fully saturated rings. The highest BCUT2D eigenvalue weighted by Gasteiger charge is 2.21. The lowest BCUT2D eigenvalue weighted by molar-refractivity contribution is 0.307. The van der Waals surface area contributed by atoms with E-state index in [2.05, 4.69) is 12.1 Å². The van der Waals surface area contributed by atoms with Gasteiger partial charge < -0.3 is 10.5 Å². The van der Waals surface area contributed by atoms with Gasteiger partial charge in [0.15, 0.2) is 0 Å². The molecule has 0 aliphatic heterocycles. The van der Waals surface area contributed by atoms with Crippen molar-refractivity contribution in [2.75, 3.05) is 6.61 Å². The van der Waals surface area contributed by atoms with Crippen LogP contribution in [0.4, 0.5) is 0 Å². The van der Waals surface area contributed by atoms with Crippen molar-refractivity contribution in [3.05, 3.63) is 29.8 Å². The van der Waals surface area contributed by atoms with Gasteiger partial charge in [-0.1, -0.05) is 31.4 Å². The summed E-state index contributed by atoms with van der Waals surface area (Å²) in [5.41, 5.74) is 7.60. The van der Waals surface area contributed by atoms with Crippen molar-refractivity contribution in [3.63, 3.8) is 0 Å². The van der Waals surface area contributed by atoms with Gasteiger partial charge in [0.2, 0.25) is 0 Å². The van der Waals surface area contributed by atoms with Crippen molar-refractivity contribution in [2.45, 2.75) is 45.1 Å². The summed E-state index contributed by atoms with van der Waals surface area (Å²) in [7, 11) is 0. The average molecular weight is 233 g/mol. The summed E-state index contributed by atoms with van der Waals surface area (Å²) in [5.74, 6) is 1.61. The predicted octanol–water partition coefficient (Wildman–Crippen LogP) is 3.67. The average Bonchev–Trinajstić information content (AvgIpc) is 2.40. The second-order valence-electron chi connectivity index (χ2n) is 4.93. The molecule has 0 saturated heterocycles. The van der Waals surface area contributed by atoms with Gasteiger partial charge in [-0.2, -0.15) is 0 Å². The number of benzene rings is 1. The molecule has 2 rings (SSSR count). The van der Waals surface area contributed by atoms with E-state index in [4.69, 9.17) is 10.5 Å². The Kier molecular flexibility index (Phi) is 4.43. The summed E-state index contributed by atoms with van der Waals surface area (Å²) in [6, 6.07) is 8.49. The molecule has 0 spiro atoms. The Morgan fingerprint density at radius 2 is 1.82 bits per heavy atom. The lowest BCUT2D eigenvalue weighted by atomic mass is 9.81. The van der Waals surface area contributed by atoms with Crippen LogP contribution in [0.1, 0.15) is 50.6 Å². The van der Waals surface area contributed by atoms with Gasteiger partial charge in [-0.25, -0.2) is 0 Å². The third kappa shape index (κ3) is 3.22. The highest BCUT2D eigenvalue weighted by molar-refractivity contribution is 5.29. The minimum absolute atomic E-state index is 0.200. The molecule has 1 saturated carbocycles. The Morgan fingerprint density at radius 1 is 1.18 bits per heavy atom. The summed E-state index contributed by atoms with van der Waals surface area (Å²) in [4.78, 5) is 0. The lowest BCUT2D eigenvalue weighted by Gasteiger charge is -2.27. The van der Waals surface area contributed by atoms with Crippen molar-refractivity contribution < 1.29 is 4.74 Å². The molecule has 2 nitrogen and oxygen atoms in total. The SMILES string of the molecule is CCOc1ccc([C@H](N)C2CCCCC2)cc1. The first-order valence-corrected chi connectivity index (χ1v) is 6.79. The first-order valence-electron chi connectivity index (χ1n) is 6.79. The lowest BCUT2D eigenvalue weighted by Crippen LogP contribution is -2.23. The van der Waals surface area contributed by atoms with Gasteiger partial charge in [-0.15, -0.1) is 0 Å². The van der Waals surface area contributed by atoms with E-state index in [1.165, 1.54) is 37.7 Å². The summed E-state index contributed by atoms with van der Waals surface area (Å²) < 4.78 is 5.45. The van der Waals surface area contributed by atoms with Crippen LogP contribution < -0.4 is 10.5 Å². The highest BCUT2D eigenvalue weighted by Crippen LogP contribution is 2.33. The molecule has 1 aromatic rings. The van der Waals surface area contributed by atoms with Crippen LogP contribution in [0.2, 0.25) is 0 Å². The van der Waals surface area contributed by atoms with Gasteiger partial charge in [0.05, 0.1) is 6.61 Å². The minimum Gasteiger partial charge on any atom is -0.494 e. The minimum atomic E-state index is 0.200. The third-order valence-electron chi connectivity index (χ3n) is 3.73. The van der Waals surface area contributed by atoms with E-state index < -0.39 is 0 Å². The second-order valence-corrected chi connectivity index (χ2v) is 4.93. The van der Waals surface area contributed by atoms with Gasteiger partial charge in [-0.3, -0.25) is 0 Å². The fraction of sp³-hybridized carbons (Fsp3) is 0.600. The van der Waals surface area contributed by atoms with Crippen LogP contribution in [0.15, 0.2) is 24.3 Å². The quantitative estimate of drug-likeness (QED) is 0.861. The van der Waals surface area contributed by atoms with Crippen molar-refractivity contribution in [3.8, 4) is 5.75 Å². The van der Waals surface area contributed by atoms with Crippen molar-refractivity contribution in [1.29, 1.82) is 0 Å². The fourth-order valence-corrected chi connectivity index (χ4v) is 2.72. The first-order chi connectivity index (χ1) is 8.31. The van der Waals surface area contributed by atoms with Crippen molar-refractivity contribution >= 4 is 0 Å². The molecule has 0 heterocycles. The van der Waals surface area contributed by atoms with Crippen LogP contribution in [0.25, 0.3) is 0 Å². The van der Waals surface area contributed by atoms with Crippen LogP contribution >= 0.6 is 0 Å². The largest absolute Gasteiger partial charge is 0.494 e. The zero-order valence-electron chi connectivity index (χ0n) is 10.7. The molecule has 1 aromatic carbocycles. The van der Waals surface area contributed by atoms with Crippen LogP contribution in [0, 0.1) is 5.92 Å². The summed E-state index contributed by atoms with van der Waals surface area (Å²) >= 11 is 0. The van der Waals surface area contributed by atoms with E-state index in [9.17, 15) is 0 Å². The Morgan fingerprint density at radius 3 is 2.41 bits per heavy atom. The highest BCUT2D eigenvalue weighted by atomic mass is 16.5. The molecule has 0 bridgehead atoms. The molecule has 1 aliphatic carbocycles. The molecule has 0 radical (unpaired) electrons. The number of rotatable bonds is 4. The molecule has 1 aliphatic rings. The Hall–Kier alpha value is -1.02. The van der Waals surface area contributed by atoms with E-state index in [1.807, 2.05) is 19.1 Å². The molecule has 0 aromatic heterocycles. The van der Waals surface area contributed by atoms with Crippen LogP contribution in [-0.2, 0) is 0 Å². The zero-order chi connectivity index (χ0) is 12.1. The van der Waals surface area contributed by atoms with E-state index in [-0.39, 0.29) is 6.04 Å². The standard InChI is InChI=1S/C15H23NO/c1-2-17-14-10-8-13(9-11-14)15(16)12-6-4-3-5-7-12/h8-12,15H,2-7,16H2,1H3/t15-/m1/s1. The molecular weight excluding hydrogens is 210 g/mol. The molecule has 0 unspecified atom stereocenters. The van der Waals surface area contributed by atoms with Crippen molar-refractivity contribution in [2.24, 2.45) is 11.7 Å². The summed E-state index contributed by atoms with van der Waals surface area (Å²) in [5, 5.41) is 0. The number of hydrogen-bond donors (Lipinski definition) is 1. The maximum absolute atomic E-state index is 6.35. The monoisotopic (exact) mass is 233 g/mol. The van der Waals surface area contributed by atoms with Gasteiger partial charge in [0.25, 0.3) is 0 Å². The maximum Gasteiger partial charge on any atom is 0.119 e. The smallest absolute Gasteiger partial charge is 0.119 e. The Labute approximate surface area is 104 Å². The van der Waals surface area contributed by atoms with Gasteiger partial charge >= 0.3 is 0 Å². The molecule has 94 valence electrons. The van der Waals surface area contributed by atoms with E-state index in [0.717, 1.165) is 5.75 Å². The van der Waals surface area contributed by atoms with Gasteiger partial charge in [0.1, 0.15) is 5.75 Å². The number of hydrogen-bond acceptors (Lipinski definition) is 2. The molecule has 0 amide bonds. The van der Waals surface area contributed by atoms with E-state index in [0.29, 0.717) is 12.5 Å². The molecular formula is C15H23NO. The topological polar surface area (TPSA) is 35.2 Å². The molecule has 1 atom stereocenters. The molecule has 2 N–H and O–H groups in total. The van der Waals surface area contributed by atoms with E-state index in [1.54, 1.807) is 0 Å². The van der Waals surface area contributed by atoms with Crippen molar-refractivity contribution in [1.82, 2.24) is 0 Å². The predicted molar refractivity (Wildman–Crippen MR) is 71.1 cm³/mol. The molecule has 17 heavy (non-hydrogen) atoms. The maximum atomic E-state index is 6.35. The Bertz CT molecular complexity index is 327.